The smallest absolute Gasteiger partial charge is 0.337 e. The number of H-pyrrole nitrogens is 1. The Morgan fingerprint density at radius 1 is 1.45 bits per heavy atom. The lowest BCUT2D eigenvalue weighted by molar-refractivity contribution is 0.0601. The number of ether oxygens (including phenoxy) is 1. The van der Waals surface area contributed by atoms with Crippen molar-refractivity contribution in [2.24, 2.45) is 0 Å². The van der Waals surface area contributed by atoms with Gasteiger partial charge < -0.3 is 9.72 Å². The van der Waals surface area contributed by atoms with Crippen LogP contribution in [0.15, 0.2) is 32.8 Å². The van der Waals surface area contributed by atoms with Crippen LogP contribution in [0.1, 0.15) is 16.2 Å². The zero-order chi connectivity index (χ0) is 15.5. The Morgan fingerprint density at radius 3 is 3.05 bits per heavy atom. The Bertz CT molecular complexity index is 877. The number of esters is 1. The molecular formula is C13H10N4O3S2. The molecule has 0 aliphatic rings. The van der Waals surface area contributed by atoms with Crippen molar-refractivity contribution in [3.8, 4) is 0 Å². The van der Waals surface area contributed by atoms with Crippen molar-refractivity contribution in [2.75, 3.05) is 7.11 Å². The lowest BCUT2D eigenvalue weighted by Gasteiger charge is -2.04. The van der Waals surface area contributed by atoms with Crippen LogP contribution in [0.5, 0.6) is 0 Å². The SMILES string of the molecule is COC(=O)c1ccc2c(=O)[nH]c(CSc3nncs3)nc2c1. The average Bonchev–Trinajstić information content (AvgIpc) is 3.05. The number of hydrogen-bond donors (Lipinski definition) is 1. The molecular weight excluding hydrogens is 324 g/mol. The standard InChI is InChI=1S/C13H10N4O3S2/c1-20-12(19)7-2-3-8-9(4-7)15-10(16-11(8)18)5-21-13-17-14-6-22-13/h2-4,6H,5H2,1H3,(H,15,16,18). The van der Waals surface area contributed by atoms with Gasteiger partial charge in [-0.1, -0.05) is 23.1 Å². The van der Waals surface area contributed by atoms with Crippen LogP contribution in [-0.2, 0) is 10.5 Å². The number of rotatable bonds is 4. The Morgan fingerprint density at radius 2 is 2.32 bits per heavy atom. The maximum Gasteiger partial charge on any atom is 0.337 e. The molecule has 1 N–H and O–H groups in total. The summed E-state index contributed by atoms with van der Waals surface area (Å²) in [6.07, 6.45) is 0. The summed E-state index contributed by atoms with van der Waals surface area (Å²) in [5, 5.41) is 8.09. The van der Waals surface area contributed by atoms with Crippen molar-refractivity contribution >= 4 is 40.0 Å². The first kappa shape index (κ1) is 14.7. The molecule has 2 heterocycles. The highest BCUT2D eigenvalue weighted by Crippen LogP contribution is 2.22. The third-order valence-corrected chi connectivity index (χ3v) is 4.72. The highest BCUT2D eigenvalue weighted by Gasteiger charge is 2.10. The van der Waals surface area contributed by atoms with Crippen LogP contribution < -0.4 is 5.56 Å². The first-order valence-corrected chi connectivity index (χ1v) is 8.04. The predicted octanol–water partition coefficient (Wildman–Crippen LogP) is 1.85. The fourth-order valence-corrected chi connectivity index (χ4v) is 3.22. The summed E-state index contributed by atoms with van der Waals surface area (Å²) in [6, 6.07) is 4.66. The molecule has 0 aliphatic heterocycles. The number of aromatic amines is 1. The number of benzene rings is 1. The Balaban J connectivity index is 1.94. The molecule has 1 aromatic carbocycles. The second-order valence-corrected chi connectivity index (χ2v) is 6.29. The molecule has 3 aromatic rings. The second-order valence-electron chi connectivity index (χ2n) is 4.23. The van der Waals surface area contributed by atoms with E-state index in [1.54, 1.807) is 23.7 Å². The van der Waals surface area contributed by atoms with Gasteiger partial charge in [-0.05, 0) is 18.2 Å². The van der Waals surface area contributed by atoms with Gasteiger partial charge >= 0.3 is 5.97 Å². The minimum atomic E-state index is -0.464. The number of thioether (sulfide) groups is 1. The van der Waals surface area contributed by atoms with Crippen molar-refractivity contribution in [3.63, 3.8) is 0 Å². The first-order chi connectivity index (χ1) is 10.7. The molecule has 9 heteroatoms. The lowest BCUT2D eigenvalue weighted by atomic mass is 10.1. The molecule has 112 valence electrons. The molecule has 0 aliphatic carbocycles. The Labute approximate surface area is 132 Å². The lowest BCUT2D eigenvalue weighted by Crippen LogP contribution is -2.12. The highest BCUT2D eigenvalue weighted by atomic mass is 32.2. The van der Waals surface area contributed by atoms with Crippen molar-refractivity contribution in [2.45, 2.75) is 10.1 Å². The number of methoxy groups -OCH3 is 1. The number of aromatic nitrogens is 4. The normalized spacial score (nSPS) is 10.8. The van der Waals surface area contributed by atoms with Crippen molar-refractivity contribution < 1.29 is 9.53 Å². The number of nitrogens with zero attached hydrogens (tertiary/aromatic N) is 3. The van der Waals surface area contributed by atoms with Gasteiger partial charge in [-0.3, -0.25) is 4.79 Å². The molecule has 0 spiro atoms. The second kappa shape index (κ2) is 6.24. The molecule has 0 saturated carbocycles. The maximum atomic E-state index is 12.1. The minimum absolute atomic E-state index is 0.241. The number of nitrogens with one attached hydrogen (secondary N) is 1. The molecule has 0 atom stereocenters. The Kier molecular flexibility index (Phi) is 4.16. The zero-order valence-electron chi connectivity index (χ0n) is 11.4. The molecule has 0 fully saturated rings. The van der Waals surface area contributed by atoms with Crippen molar-refractivity contribution in [1.82, 2.24) is 20.2 Å². The summed E-state index contributed by atoms with van der Waals surface area (Å²) in [5.41, 5.74) is 2.21. The zero-order valence-corrected chi connectivity index (χ0v) is 13.0. The molecule has 0 unspecified atom stereocenters. The van der Waals surface area contributed by atoms with E-state index in [9.17, 15) is 9.59 Å². The fraction of sp³-hybridized carbons (Fsp3) is 0.154. The summed E-state index contributed by atoms with van der Waals surface area (Å²) in [4.78, 5) is 30.7. The van der Waals surface area contributed by atoms with Gasteiger partial charge in [-0.25, -0.2) is 9.78 Å². The van der Waals surface area contributed by atoms with Gasteiger partial charge in [0.1, 0.15) is 11.3 Å². The van der Waals surface area contributed by atoms with Gasteiger partial charge in [-0.15, -0.1) is 10.2 Å². The Hall–Kier alpha value is -2.26. The van der Waals surface area contributed by atoms with E-state index in [1.165, 1.54) is 30.2 Å². The summed E-state index contributed by atoms with van der Waals surface area (Å²) in [6.45, 7) is 0. The quantitative estimate of drug-likeness (QED) is 0.574. The highest BCUT2D eigenvalue weighted by molar-refractivity contribution is 8.00. The predicted molar refractivity (Wildman–Crippen MR) is 83.2 cm³/mol. The van der Waals surface area contributed by atoms with E-state index in [0.717, 1.165) is 4.34 Å². The summed E-state index contributed by atoms with van der Waals surface area (Å²) < 4.78 is 5.47. The summed E-state index contributed by atoms with van der Waals surface area (Å²) in [7, 11) is 1.31. The van der Waals surface area contributed by atoms with Gasteiger partial charge in [0.2, 0.25) is 0 Å². The molecule has 0 saturated heterocycles. The fourth-order valence-electron chi connectivity index (χ4n) is 1.86. The number of carbonyl (C=O) groups excluding carboxylic acids is 1. The van der Waals surface area contributed by atoms with Crippen LogP contribution in [0.3, 0.4) is 0 Å². The van der Waals surface area contributed by atoms with E-state index in [0.29, 0.717) is 28.0 Å². The van der Waals surface area contributed by atoms with E-state index >= 15 is 0 Å². The number of carbonyl (C=O) groups is 1. The largest absolute Gasteiger partial charge is 0.465 e. The average molecular weight is 334 g/mol. The van der Waals surface area contributed by atoms with Gasteiger partial charge in [0.05, 0.1) is 29.3 Å². The van der Waals surface area contributed by atoms with E-state index in [-0.39, 0.29) is 5.56 Å². The molecule has 0 radical (unpaired) electrons. The number of hydrogen-bond acceptors (Lipinski definition) is 8. The minimum Gasteiger partial charge on any atom is -0.465 e. The van der Waals surface area contributed by atoms with Crippen molar-refractivity contribution in [3.05, 3.63) is 45.5 Å². The summed E-state index contributed by atoms with van der Waals surface area (Å²) >= 11 is 2.85. The van der Waals surface area contributed by atoms with E-state index < -0.39 is 5.97 Å². The van der Waals surface area contributed by atoms with E-state index in [1.807, 2.05) is 0 Å². The topological polar surface area (TPSA) is 97.8 Å². The maximum absolute atomic E-state index is 12.1. The van der Waals surface area contributed by atoms with Gasteiger partial charge in [0.15, 0.2) is 4.34 Å². The molecule has 22 heavy (non-hydrogen) atoms. The van der Waals surface area contributed by atoms with Crippen LogP contribution in [0, 0.1) is 0 Å². The van der Waals surface area contributed by atoms with Gasteiger partial charge in [0, 0.05) is 0 Å². The van der Waals surface area contributed by atoms with Crippen LogP contribution in [-0.4, -0.2) is 33.2 Å². The third kappa shape index (κ3) is 3.00. The van der Waals surface area contributed by atoms with Crippen LogP contribution in [0.2, 0.25) is 0 Å². The van der Waals surface area contributed by atoms with Crippen LogP contribution >= 0.6 is 23.1 Å². The van der Waals surface area contributed by atoms with Gasteiger partial charge in [0.25, 0.3) is 5.56 Å². The molecule has 2 aromatic heterocycles. The van der Waals surface area contributed by atoms with E-state index in [2.05, 4.69) is 24.9 Å². The monoisotopic (exact) mass is 334 g/mol. The van der Waals surface area contributed by atoms with Crippen LogP contribution in [0.25, 0.3) is 10.9 Å². The number of fused-ring (bicyclic) bond motifs is 1. The van der Waals surface area contributed by atoms with Crippen LogP contribution in [0.4, 0.5) is 0 Å². The summed E-state index contributed by atoms with van der Waals surface area (Å²) in [5.74, 6) is 0.511. The molecule has 3 rings (SSSR count). The first-order valence-electron chi connectivity index (χ1n) is 6.17. The van der Waals surface area contributed by atoms with E-state index in [4.69, 9.17) is 0 Å². The molecule has 0 bridgehead atoms. The third-order valence-electron chi connectivity index (χ3n) is 2.85. The molecule has 0 amide bonds. The molecule has 7 nitrogen and oxygen atoms in total. The van der Waals surface area contributed by atoms with Crippen molar-refractivity contribution in [1.29, 1.82) is 0 Å². The van der Waals surface area contributed by atoms with Gasteiger partial charge in [-0.2, -0.15) is 0 Å².